The molecule has 0 amide bonds. The van der Waals surface area contributed by atoms with Crippen LogP contribution in [0, 0.1) is 0 Å². The lowest BCUT2D eigenvalue weighted by Crippen LogP contribution is -2.75. The van der Waals surface area contributed by atoms with Crippen molar-refractivity contribution in [2.45, 2.75) is 0 Å². The smallest absolute Gasteiger partial charge is 0.188 e. The van der Waals surface area contributed by atoms with Crippen molar-refractivity contribution in [2.24, 2.45) is 0 Å². The number of para-hydroxylation sites is 4. The summed E-state index contributed by atoms with van der Waals surface area (Å²) in [5.74, 6) is 0. The van der Waals surface area contributed by atoms with Gasteiger partial charge in [0.2, 0.25) is 0 Å². The van der Waals surface area contributed by atoms with Gasteiger partial charge < -0.3 is 17.7 Å². The van der Waals surface area contributed by atoms with Gasteiger partial charge in [-0.2, -0.15) is 0 Å². The molecular formula is C58H34N2O4Si. The number of furan rings is 4. The fourth-order valence-electron chi connectivity index (χ4n) is 10.4. The van der Waals surface area contributed by atoms with Crippen LogP contribution >= 0.6 is 0 Å². The fourth-order valence-corrected chi connectivity index (χ4v) is 15.4. The highest BCUT2D eigenvalue weighted by molar-refractivity contribution is 7.21. The number of pyridine rings is 2. The first-order valence-electron chi connectivity index (χ1n) is 21.8. The standard InChI is InChI=1S/C58H34N2O4Si/c1-3-13-37(14-4-1)65(38-15-5-2-6-16-38,55-23-11-19-41-43-29-35(25-27-51(43)63-57(41)55)47-31-45-39-17-7-9-21-49(39)61-53(45)33-59-47)56-24-12-20-42-44-30-36(26-28-52(44)64-58(42)56)48-32-46-40-18-8-10-22-50(40)62-54(46)34-60-48/h1-34H. The van der Waals surface area contributed by atoms with E-state index in [1.54, 1.807) is 0 Å². The molecule has 7 heteroatoms. The summed E-state index contributed by atoms with van der Waals surface area (Å²) in [6.45, 7) is 0. The molecule has 6 nitrogen and oxygen atoms in total. The molecule has 14 rings (SSSR count). The SMILES string of the molecule is c1ccc([Si](c2ccccc2)(c2cccc3c2oc2ccc(-c4cc5c(cn4)oc4ccccc45)cc23)c2cccc3c2oc2ccc(-c4cc5c(cn4)oc4ccccc45)cc23)cc1. The minimum absolute atomic E-state index is 0.774. The normalized spacial score (nSPS) is 12.3. The highest BCUT2D eigenvalue weighted by Gasteiger charge is 2.45. The summed E-state index contributed by atoms with van der Waals surface area (Å²) < 4.78 is 26.4. The summed E-state index contributed by atoms with van der Waals surface area (Å²) in [4.78, 5) is 9.75. The molecule has 6 heterocycles. The van der Waals surface area contributed by atoms with E-state index in [1.165, 1.54) is 10.4 Å². The topological polar surface area (TPSA) is 78.3 Å². The van der Waals surface area contributed by atoms with E-state index in [-0.39, 0.29) is 0 Å². The van der Waals surface area contributed by atoms with Crippen LogP contribution in [-0.2, 0) is 0 Å². The molecule has 65 heavy (non-hydrogen) atoms. The Hall–Kier alpha value is -8.52. The minimum atomic E-state index is -3.24. The molecular weight excluding hydrogens is 817 g/mol. The maximum atomic E-state index is 7.10. The van der Waals surface area contributed by atoms with E-state index in [1.807, 2.05) is 48.8 Å². The maximum absolute atomic E-state index is 7.10. The number of aromatic nitrogens is 2. The molecule has 0 aliphatic heterocycles. The third kappa shape index (κ3) is 5.27. The first-order valence-corrected chi connectivity index (χ1v) is 23.8. The molecule has 6 aromatic heterocycles. The van der Waals surface area contributed by atoms with E-state index in [4.69, 9.17) is 27.6 Å². The number of benzene rings is 8. The lowest BCUT2D eigenvalue weighted by Gasteiger charge is -2.34. The Labute approximate surface area is 371 Å². The molecule has 8 aromatic carbocycles. The van der Waals surface area contributed by atoms with Crippen molar-refractivity contribution >= 4 is 117 Å². The van der Waals surface area contributed by atoms with Crippen LogP contribution in [-0.4, -0.2) is 18.0 Å². The average Bonchev–Trinajstić information content (AvgIpc) is 4.15. The monoisotopic (exact) mass is 850 g/mol. The molecule has 0 saturated carbocycles. The minimum Gasteiger partial charge on any atom is -0.456 e. The predicted molar refractivity (Wildman–Crippen MR) is 266 cm³/mol. The van der Waals surface area contributed by atoms with Gasteiger partial charge >= 0.3 is 0 Å². The van der Waals surface area contributed by atoms with Crippen LogP contribution in [0.2, 0.25) is 0 Å². The highest BCUT2D eigenvalue weighted by atomic mass is 28.3. The van der Waals surface area contributed by atoms with Gasteiger partial charge in [-0.15, -0.1) is 0 Å². The van der Waals surface area contributed by atoms with Gasteiger partial charge in [0, 0.05) is 54.2 Å². The second-order valence-electron chi connectivity index (χ2n) is 16.8. The third-order valence-electron chi connectivity index (χ3n) is 13.3. The van der Waals surface area contributed by atoms with Gasteiger partial charge in [0.1, 0.15) is 33.5 Å². The van der Waals surface area contributed by atoms with Crippen molar-refractivity contribution in [2.75, 3.05) is 0 Å². The van der Waals surface area contributed by atoms with Crippen LogP contribution in [0.3, 0.4) is 0 Å². The molecule has 0 bridgehead atoms. The zero-order chi connectivity index (χ0) is 42.6. The highest BCUT2D eigenvalue weighted by Crippen LogP contribution is 2.38. The van der Waals surface area contributed by atoms with Crippen molar-refractivity contribution < 1.29 is 17.7 Å². The third-order valence-corrected chi connectivity index (χ3v) is 18.1. The first kappa shape index (κ1) is 36.0. The van der Waals surface area contributed by atoms with E-state index in [9.17, 15) is 0 Å². The summed E-state index contributed by atoms with van der Waals surface area (Å²) in [6, 6.07) is 68.5. The Morgan fingerprint density at radius 3 is 1.17 bits per heavy atom. The second-order valence-corrected chi connectivity index (χ2v) is 20.5. The molecule has 304 valence electrons. The van der Waals surface area contributed by atoms with Crippen molar-refractivity contribution in [3.05, 3.63) is 207 Å². The molecule has 0 unspecified atom stereocenters. The second kappa shape index (κ2) is 13.7. The van der Waals surface area contributed by atoms with Gasteiger partial charge in [-0.3, -0.25) is 9.97 Å². The number of rotatable bonds is 6. The summed E-state index contributed by atoms with van der Waals surface area (Å²) in [7, 11) is -3.24. The largest absolute Gasteiger partial charge is 0.456 e. The van der Waals surface area contributed by atoms with Crippen LogP contribution in [0.1, 0.15) is 0 Å². The lowest BCUT2D eigenvalue weighted by molar-refractivity contribution is 0.666. The Morgan fingerprint density at radius 2 is 0.692 bits per heavy atom. The van der Waals surface area contributed by atoms with Crippen molar-refractivity contribution in [1.82, 2.24) is 9.97 Å². The number of hydrogen-bond acceptors (Lipinski definition) is 6. The van der Waals surface area contributed by atoms with Crippen LogP contribution in [0.5, 0.6) is 0 Å². The van der Waals surface area contributed by atoms with Crippen molar-refractivity contribution in [3.63, 3.8) is 0 Å². The molecule has 0 N–H and O–H groups in total. The number of nitrogens with zero attached hydrogens (tertiary/aromatic N) is 2. The van der Waals surface area contributed by atoms with E-state index < -0.39 is 8.07 Å². The van der Waals surface area contributed by atoms with Crippen LogP contribution in [0.15, 0.2) is 224 Å². The molecule has 0 spiro atoms. The van der Waals surface area contributed by atoms with E-state index in [0.29, 0.717) is 0 Å². The molecule has 0 aliphatic rings. The molecule has 0 aliphatic carbocycles. The maximum Gasteiger partial charge on any atom is 0.188 e. The van der Waals surface area contributed by atoms with E-state index in [0.717, 1.165) is 121 Å². The van der Waals surface area contributed by atoms with Crippen molar-refractivity contribution in [1.29, 1.82) is 0 Å². The predicted octanol–water partition coefficient (Wildman–Crippen LogP) is 12.8. The van der Waals surface area contributed by atoms with Gasteiger partial charge in [0.15, 0.2) is 19.2 Å². The van der Waals surface area contributed by atoms with Crippen LogP contribution in [0.4, 0.5) is 0 Å². The summed E-state index contributed by atoms with van der Waals surface area (Å²) in [5.41, 5.74) is 10.4. The van der Waals surface area contributed by atoms with Gasteiger partial charge in [0.05, 0.1) is 23.8 Å². The summed E-state index contributed by atoms with van der Waals surface area (Å²) in [6.07, 6.45) is 3.66. The van der Waals surface area contributed by atoms with Crippen LogP contribution in [0.25, 0.3) is 110 Å². The Bertz CT molecular complexity index is 3930. The molecule has 14 aromatic rings. The van der Waals surface area contributed by atoms with E-state index in [2.05, 4.69) is 158 Å². The fraction of sp³-hybridized carbons (Fsp3) is 0. The number of hydrogen-bond donors (Lipinski definition) is 0. The van der Waals surface area contributed by atoms with Gasteiger partial charge in [-0.25, -0.2) is 0 Å². The molecule has 0 fully saturated rings. The zero-order valence-corrected chi connectivity index (χ0v) is 35.7. The molecule has 0 radical (unpaired) electrons. The van der Waals surface area contributed by atoms with Gasteiger partial charge in [-0.1, -0.05) is 133 Å². The molecule has 0 atom stereocenters. The van der Waals surface area contributed by atoms with Crippen LogP contribution < -0.4 is 20.7 Å². The lowest BCUT2D eigenvalue weighted by atomic mass is 10.0. The Balaban J connectivity index is 0.993. The number of fused-ring (bicyclic) bond motifs is 12. The van der Waals surface area contributed by atoms with Crippen molar-refractivity contribution in [3.8, 4) is 22.5 Å². The van der Waals surface area contributed by atoms with Gasteiger partial charge in [-0.05, 0) is 81.4 Å². The molecule has 0 saturated heterocycles. The van der Waals surface area contributed by atoms with Gasteiger partial charge in [0.25, 0.3) is 0 Å². The Kier molecular flexibility index (Phi) is 7.61. The van der Waals surface area contributed by atoms with E-state index >= 15 is 0 Å². The Morgan fingerprint density at radius 1 is 0.292 bits per heavy atom. The first-order chi connectivity index (χ1) is 32.2. The quantitative estimate of drug-likeness (QED) is 0.122. The summed E-state index contributed by atoms with van der Waals surface area (Å²) >= 11 is 0. The summed E-state index contributed by atoms with van der Waals surface area (Å²) in [5, 5.41) is 13.2. The average molecular weight is 851 g/mol. The zero-order valence-electron chi connectivity index (χ0n) is 34.7.